The third kappa shape index (κ3) is 2.03. The van der Waals surface area contributed by atoms with Crippen LogP contribution in [-0.2, 0) is 0 Å². The van der Waals surface area contributed by atoms with E-state index in [0.29, 0.717) is 6.42 Å². The van der Waals surface area contributed by atoms with E-state index in [1.165, 1.54) is 0 Å². The molecule has 3 unspecified atom stereocenters. The Kier molecular flexibility index (Phi) is 2.72. The predicted octanol–water partition coefficient (Wildman–Crippen LogP) is 0.527. The zero-order valence-electron chi connectivity index (χ0n) is 8.62. The van der Waals surface area contributed by atoms with Gasteiger partial charge in [0, 0.05) is 6.61 Å². The average molecular weight is 188 g/mol. The Bertz CT molecular complexity index is 188. The summed E-state index contributed by atoms with van der Waals surface area (Å²) in [4.78, 5) is 0. The molecule has 0 radical (unpaired) electrons. The number of rotatable bonds is 1. The van der Waals surface area contributed by atoms with Gasteiger partial charge in [0.1, 0.15) is 0 Å². The fourth-order valence-corrected chi connectivity index (χ4v) is 2.53. The summed E-state index contributed by atoms with van der Waals surface area (Å²) in [6.45, 7) is 5.87. The van der Waals surface area contributed by atoms with Gasteiger partial charge in [0.05, 0.1) is 12.2 Å². The van der Waals surface area contributed by atoms with Crippen LogP contribution in [0, 0.1) is 10.8 Å². The molecular formula is C10H20O3. The Morgan fingerprint density at radius 1 is 1.23 bits per heavy atom. The van der Waals surface area contributed by atoms with E-state index in [2.05, 4.69) is 0 Å². The Labute approximate surface area is 79.4 Å². The molecule has 0 bridgehead atoms. The van der Waals surface area contributed by atoms with E-state index in [-0.39, 0.29) is 17.4 Å². The Morgan fingerprint density at radius 2 is 1.77 bits per heavy atom. The highest BCUT2D eigenvalue weighted by atomic mass is 16.3. The summed E-state index contributed by atoms with van der Waals surface area (Å²) in [5.41, 5.74) is -0.558. The van der Waals surface area contributed by atoms with Crippen LogP contribution < -0.4 is 0 Å². The Morgan fingerprint density at radius 3 is 2.15 bits per heavy atom. The predicted molar refractivity (Wildman–Crippen MR) is 50.2 cm³/mol. The molecule has 0 aromatic heterocycles. The van der Waals surface area contributed by atoms with E-state index in [4.69, 9.17) is 0 Å². The van der Waals surface area contributed by atoms with Gasteiger partial charge in [0.15, 0.2) is 0 Å². The van der Waals surface area contributed by atoms with Crippen LogP contribution in [-0.4, -0.2) is 34.1 Å². The van der Waals surface area contributed by atoms with Gasteiger partial charge < -0.3 is 15.3 Å². The molecule has 1 rings (SSSR count). The topological polar surface area (TPSA) is 60.7 Å². The van der Waals surface area contributed by atoms with Crippen molar-refractivity contribution in [3.8, 4) is 0 Å². The van der Waals surface area contributed by atoms with E-state index in [9.17, 15) is 15.3 Å². The van der Waals surface area contributed by atoms with Crippen LogP contribution in [0.25, 0.3) is 0 Å². The average Bonchev–Trinajstić information content (AvgIpc) is 2.00. The fourth-order valence-electron chi connectivity index (χ4n) is 2.53. The first-order chi connectivity index (χ1) is 5.81. The van der Waals surface area contributed by atoms with Gasteiger partial charge in [-0.1, -0.05) is 20.8 Å². The van der Waals surface area contributed by atoms with Crippen molar-refractivity contribution in [1.29, 1.82) is 0 Å². The van der Waals surface area contributed by atoms with Gasteiger partial charge >= 0.3 is 0 Å². The molecule has 1 aliphatic carbocycles. The minimum absolute atomic E-state index is 0.0697. The second-order valence-electron chi connectivity index (χ2n) is 5.35. The van der Waals surface area contributed by atoms with Crippen LogP contribution in [0.5, 0.6) is 0 Å². The molecule has 1 aliphatic rings. The number of aliphatic hydroxyl groups is 3. The third-order valence-electron chi connectivity index (χ3n) is 3.13. The van der Waals surface area contributed by atoms with E-state index in [0.717, 1.165) is 6.42 Å². The lowest BCUT2D eigenvalue weighted by Gasteiger charge is -2.47. The maximum absolute atomic E-state index is 9.70. The first kappa shape index (κ1) is 11.0. The molecule has 0 heterocycles. The summed E-state index contributed by atoms with van der Waals surface area (Å²) < 4.78 is 0. The van der Waals surface area contributed by atoms with Crippen molar-refractivity contribution in [2.75, 3.05) is 6.61 Å². The lowest BCUT2D eigenvalue weighted by Crippen LogP contribution is -2.50. The van der Waals surface area contributed by atoms with Crippen LogP contribution in [0.3, 0.4) is 0 Å². The molecule has 3 N–H and O–H groups in total. The lowest BCUT2D eigenvalue weighted by atomic mass is 9.62. The molecule has 0 aromatic rings. The SMILES string of the molecule is CC1(CO)CC(O)C(O)C(C)(C)C1. The van der Waals surface area contributed by atoms with E-state index in [1.54, 1.807) is 0 Å². The molecule has 0 aliphatic heterocycles. The summed E-state index contributed by atoms with van der Waals surface area (Å²) in [7, 11) is 0. The minimum atomic E-state index is -0.708. The summed E-state index contributed by atoms with van der Waals surface area (Å²) in [5, 5.41) is 28.5. The quantitative estimate of drug-likeness (QED) is 0.562. The van der Waals surface area contributed by atoms with Crippen molar-refractivity contribution in [1.82, 2.24) is 0 Å². The van der Waals surface area contributed by atoms with Gasteiger partial charge in [0.25, 0.3) is 0 Å². The maximum atomic E-state index is 9.70. The van der Waals surface area contributed by atoms with Crippen molar-refractivity contribution < 1.29 is 15.3 Å². The molecule has 78 valence electrons. The molecular weight excluding hydrogens is 168 g/mol. The highest BCUT2D eigenvalue weighted by molar-refractivity contribution is 4.96. The van der Waals surface area contributed by atoms with Crippen molar-refractivity contribution in [3.63, 3.8) is 0 Å². The third-order valence-corrected chi connectivity index (χ3v) is 3.13. The normalized spacial score (nSPS) is 44.8. The molecule has 13 heavy (non-hydrogen) atoms. The van der Waals surface area contributed by atoms with Gasteiger partial charge in [-0.05, 0) is 23.7 Å². The molecule has 3 nitrogen and oxygen atoms in total. The highest BCUT2D eigenvalue weighted by Gasteiger charge is 2.46. The van der Waals surface area contributed by atoms with Crippen molar-refractivity contribution in [3.05, 3.63) is 0 Å². The van der Waals surface area contributed by atoms with Crippen LogP contribution in [0.1, 0.15) is 33.6 Å². The molecule has 0 spiro atoms. The molecule has 0 aromatic carbocycles. The maximum Gasteiger partial charge on any atom is 0.0850 e. The summed E-state index contributed by atoms with van der Waals surface area (Å²) in [6, 6.07) is 0. The van der Waals surface area contributed by atoms with Crippen molar-refractivity contribution in [2.24, 2.45) is 10.8 Å². The van der Waals surface area contributed by atoms with Crippen LogP contribution in [0.4, 0.5) is 0 Å². The van der Waals surface area contributed by atoms with E-state index >= 15 is 0 Å². The molecule has 1 fully saturated rings. The number of hydrogen-bond donors (Lipinski definition) is 3. The largest absolute Gasteiger partial charge is 0.396 e. The van der Waals surface area contributed by atoms with Crippen molar-refractivity contribution >= 4 is 0 Å². The second-order valence-corrected chi connectivity index (χ2v) is 5.35. The summed E-state index contributed by atoms with van der Waals surface area (Å²) >= 11 is 0. The van der Waals surface area contributed by atoms with Gasteiger partial charge in [-0.15, -0.1) is 0 Å². The summed E-state index contributed by atoms with van der Waals surface area (Å²) in [5.74, 6) is 0. The van der Waals surface area contributed by atoms with E-state index in [1.807, 2.05) is 20.8 Å². The smallest absolute Gasteiger partial charge is 0.0850 e. The van der Waals surface area contributed by atoms with Crippen LogP contribution >= 0.6 is 0 Å². The van der Waals surface area contributed by atoms with Crippen LogP contribution in [0.2, 0.25) is 0 Å². The zero-order chi connectivity index (χ0) is 10.3. The Hall–Kier alpha value is -0.120. The zero-order valence-corrected chi connectivity index (χ0v) is 8.62. The molecule has 0 amide bonds. The van der Waals surface area contributed by atoms with Gasteiger partial charge in [0.2, 0.25) is 0 Å². The number of aliphatic hydroxyl groups excluding tert-OH is 3. The van der Waals surface area contributed by atoms with Crippen LogP contribution in [0.15, 0.2) is 0 Å². The lowest BCUT2D eigenvalue weighted by molar-refractivity contribution is -0.130. The van der Waals surface area contributed by atoms with Gasteiger partial charge in [-0.2, -0.15) is 0 Å². The standard InChI is InChI=1S/C10H20O3/c1-9(2)5-10(3,6-11)4-7(12)8(9)13/h7-8,11-13H,4-6H2,1-3H3. The molecule has 3 heteroatoms. The van der Waals surface area contributed by atoms with Gasteiger partial charge in [-0.25, -0.2) is 0 Å². The van der Waals surface area contributed by atoms with Crippen molar-refractivity contribution in [2.45, 2.75) is 45.8 Å². The minimum Gasteiger partial charge on any atom is -0.396 e. The van der Waals surface area contributed by atoms with Gasteiger partial charge in [-0.3, -0.25) is 0 Å². The van der Waals surface area contributed by atoms with E-state index < -0.39 is 12.2 Å². The molecule has 3 atom stereocenters. The number of hydrogen-bond acceptors (Lipinski definition) is 3. The first-order valence-corrected chi connectivity index (χ1v) is 4.78. The summed E-state index contributed by atoms with van der Waals surface area (Å²) in [6.07, 6.45) is -0.156. The first-order valence-electron chi connectivity index (χ1n) is 4.78. The monoisotopic (exact) mass is 188 g/mol. The fraction of sp³-hybridized carbons (Fsp3) is 1.00. The molecule has 1 saturated carbocycles. The second kappa shape index (κ2) is 3.23. The Balaban J connectivity index is 2.81. The molecule has 0 saturated heterocycles. The highest BCUT2D eigenvalue weighted by Crippen LogP contribution is 2.45.